The number of halogens is 2. The van der Waals surface area contributed by atoms with Crippen molar-refractivity contribution in [2.24, 2.45) is 5.92 Å². The molecule has 0 unspecified atom stereocenters. The summed E-state index contributed by atoms with van der Waals surface area (Å²) in [6.07, 6.45) is 8.68. The minimum absolute atomic E-state index is 0.164. The van der Waals surface area contributed by atoms with Crippen molar-refractivity contribution in [1.82, 2.24) is 5.32 Å². The SMILES string of the molecule is O=C1C=C(CC[C@H]2CCC[C@H]2NCc2ccc(Cl)c(Cl)c2)Cc2ccccc21. The fourth-order valence-corrected chi connectivity index (χ4v) is 4.88. The smallest absolute Gasteiger partial charge is 0.186 e. The van der Waals surface area contributed by atoms with Crippen LogP contribution in [0.3, 0.4) is 0 Å². The molecular formula is C24H25Cl2NO. The number of carbonyl (C=O) groups excluding carboxylic acids is 1. The Morgan fingerprint density at radius 1 is 1.04 bits per heavy atom. The highest BCUT2D eigenvalue weighted by atomic mass is 35.5. The Labute approximate surface area is 176 Å². The molecule has 2 aliphatic rings. The Morgan fingerprint density at radius 3 is 2.75 bits per heavy atom. The second-order valence-electron chi connectivity index (χ2n) is 7.97. The summed E-state index contributed by atoms with van der Waals surface area (Å²) in [6, 6.07) is 14.3. The van der Waals surface area contributed by atoms with Crippen LogP contribution in [0, 0.1) is 5.92 Å². The van der Waals surface area contributed by atoms with Gasteiger partial charge in [-0.1, -0.05) is 65.5 Å². The Morgan fingerprint density at radius 2 is 1.89 bits per heavy atom. The van der Waals surface area contributed by atoms with Crippen LogP contribution in [-0.4, -0.2) is 11.8 Å². The maximum atomic E-state index is 12.4. The van der Waals surface area contributed by atoms with Crippen LogP contribution in [0.1, 0.15) is 53.6 Å². The lowest BCUT2D eigenvalue weighted by Crippen LogP contribution is -2.32. The van der Waals surface area contributed by atoms with E-state index in [0.717, 1.165) is 36.9 Å². The lowest BCUT2D eigenvalue weighted by atomic mass is 9.86. The van der Waals surface area contributed by atoms with Gasteiger partial charge in [-0.15, -0.1) is 0 Å². The minimum Gasteiger partial charge on any atom is -0.310 e. The molecule has 2 aliphatic carbocycles. The first-order valence-electron chi connectivity index (χ1n) is 10.1. The summed E-state index contributed by atoms with van der Waals surface area (Å²) in [5.74, 6) is 0.827. The number of benzene rings is 2. The first kappa shape index (κ1) is 19.7. The Bertz CT molecular complexity index is 905. The van der Waals surface area contributed by atoms with Crippen LogP contribution in [0.15, 0.2) is 54.1 Å². The van der Waals surface area contributed by atoms with Crippen molar-refractivity contribution in [3.05, 3.63) is 80.8 Å². The van der Waals surface area contributed by atoms with Gasteiger partial charge in [-0.3, -0.25) is 4.79 Å². The summed E-state index contributed by atoms with van der Waals surface area (Å²) in [4.78, 5) is 12.4. The number of fused-ring (bicyclic) bond motifs is 1. The summed E-state index contributed by atoms with van der Waals surface area (Å²) >= 11 is 12.1. The average molecular weight is 414 g/mol. The highest BCUT2D eigenvalue weighted by Gasteiger charge is 2.27. The van der Waals surface area contributed by atoms with Gasteiger partial charge in [0.2, 0.25) is 0 Å². The van der Waals surface area contributed by atoms with E-state index in [1.165, 1.54) is 30.4 Å². The van der Waals surface area contributed by atoms with Crippen LogP contribution in [-0.2, 0) is 13.0 Å². The second kappa shape index (κ2) is 8.82. The number of rotatable bonds is 6. The average Bonchev–Trinajstić information content (AvgIpc) is 3.15. The van der Waals surface area contributed by atoms with Crippen LogP contribution in [0.5, 0.6) is 0 Å². The predicted octanol–water partition coefficient (Wildman–Crippen LogP) is 6.40. The van der Waals surface area contributed by atoms with Gasteiger partial charge >= 0.3 is 0 Å². The van der Waals surface area contributed by atoms with Crippen molar-refractivity contribution in [2.75, 3.05) is 0 Å². The summed E-state index contributed by atoms with van der Waals surface area (Å²) in [5, 5.41) is 4.93. The van der Waals surface area contributed by atoms with Gasteiger partial charge in [0.15, 0.2) is 5.78 Å². The topological polar surface area (TPSA) is 29.1 Å². The van der Waals surface area contributed by atoms with Gasteiger partial charge < -0.3 is 5.32 Å². The van der Waals surface area contributed by atoms with Crippen molar-refractivity contribution in [2.45, 2.75) is 51.1 Å². The summed E-state index contributed by atoms with van der Waals surface area (Å²) in [7, 11) is 0. The van der Waals surface area contributed by atoms with Crippen molar-refractivity contribution < 1.29 is 4.79 Å². The third-order valence-corrected chi connectivity index (χ3v) is 6.82. The second-order valence-corrected chi connectivity index (χ2v) is 8.78. The normalized spacial score (nSPS) is 21.5. The number of hydrogen-bond donors (Lipinski definition) is 1. The van der Waals surface area contributed by atoms with E-state index in [4.69, 9.17) is 23.2 Å². The molecule has 0 radical (unpaired) electrons. The first-order valence-corrected chi connectivity index (χ1v) is 10.8. The lowest BCUT2D eigenvalue weighted by molar-refractivity contribution is 0.104. The largest absolute Gasteiger partial charge is 0.310 e. The Kier molecular flexibility index (Phi) is 6.20. The zero-order valence-corrected chi connectivity index (χ0v) is 17.4. The molecule has 1 N–H and O–H groups in total. The van der Waals surface area contributed by atoms with E-state index in [1.54, 1.807) is 0 Å². The molecule has 2 atom stereocenters. The quantitative estimate of drug-likeness (QED) is 0.593. The number of nitrogens with one attached hydrogen (secondary N) is 1. The molecule has 0 aliphatic heterocycles. The van der Waals surface area contributed by atoms with E-state index in [0.29, 0.717) is 22.0 Å². The monoisotopic (exact) mass is 413 g/mol. The van der Waals surface area contributed by atoms with E-state index >= 15 is 0 Å². The van der Waals surface area contributed by atoms with E-state index in [2.05, 4.69) is 11.4 Å². The number of allylic oxidation sites excluding steroid dienone is 2. The number of hydrogen-bond acceptors (Lipinski definition) is 2. The van der Waals surface area contributed by atoms with Gasteiger partial charge in [-0.2, -0.15) is 0 Å². The molecule has 0 heterocycles. The minimum atomic E-state index is 0.164. The maximum Gasteiger partial charge on any atom is 0.186 e. The van der Waals surface area contributed by atoms with Crippen LogP contribution in [0.2, 0.25) is 10.0 Å². The van der Waals surface area contributed by atoms with E-state index in [-0.39, 0.29) is 5.78 Å². The Hall–Kier alpha value is -1.61. The highest BCUT2D eigenvalue weighted by Crippen LogP contribution is 2.33. The fourth-order valence-electron chi connectivity index (χ4n) is 4.55. The zero-order valence-electron chi connectivity index (χ0n) is 15.9. The van der Waals surface area contributed by atoms with Crippen LogP contribution < -0.4 is 5.32 Å². The molecule has 0 saturated heterocycles. The zero-order chi connectivity index (χ0) is 19.5. The molecule has 2 aromatic rings. The summed E-state index contributed by atoms with van der Waals surface area (Å²) in [5.41, 5.74) is 4.48. The van der Waals surface area contributed by atoms with E-state index < -0.39 is 0 Å². The Balaban J connectivity index is 1.32. The molecule has 0 bridgehead atoms. The number of carbonyl (C=O) groups is 1. The molecule has 0 spiro atoms. The third-order valence-electron chi connectivity index (χ3n) is 6.08. The van der Waals surface area contributed by atoms with Gasteiger partial charge in [0.05, 0.1) is 10.0 Å². The van der Waals surface area contributed by atoms with Gasteiger partial charge in [0, 0.05) is 18.2 Å². The van der Waals surface area contributed by atoms with Gasteiger partial charge in [-0.25, -0.2) is 0 Å². The summed E-state index contributed by atoms with van der Waals surface area (Å²) < 4.78 is 0. The first-order chi connectivity index (χ1) is 13.6. The van der Waals surface area contributed by atoms with Crippen molar-refractivity contribution in [1.29, 1.82) is 0 Å². The molecule has 2 aromatic carbocycles. The molecule has 1 fully saturated rings. The molecule has 0 amide bonds. The van der Waals surface area contributed by atoms with Crippen LogP contribution in [0.4, 0.5) is 0 Å². The standard InChI is InChI=1S/C24H25Cl2NO/c25-21-11-9-17(13-22(21)26)15-27-23-7-3-5-18(23)10-8-16-12-19-4-1-2-6-20(19)24(28)14-16/h1-2,4,6,9,11,13-14,18,23,27H,3,5,7-8,10,12,15H2/t18-,23-/m1/s1. The molecule has 146 valence electrons. The van der Waals surface area contributed by atoms with Crippen LogP contribution >= 0.6 is 23.2 Å². The van der Waals surface area contributed by atoms with Gasteiger partial charge in [0.25, 0.3) is 0 Å². The highest BCUT2D eigenvalue weighted by molar-refractivity contribution is 6.42. The maximum absolute atomic E-state index is 12.4. The summed E-state index contributed by atoms with van der Waals surface area (Å²) in [6.45, 7) is 0.812. The van der Waals surface area contributed by atoms with Crippen molar-refractivity contribution in [3.8, 4) is 0 Å². The van der Waals surface area contributed by atoms with E-state index in [9.17, 15) is 4.79 Å². The molecule has 1 saturated carbocycles. The molecule has 4 heteroatoms. The fraction of sp³-hybridized carbons (Fsp3) is 0.375. The molecule has 28 heavy (non-hydrogen) atoms. The molecule has 0 aromatic heterocycles. The third kappa shape index (κ3) is 4.51. The molecule has 4 rings (SSSR count). The number of ketones is 1. The van der Waals surface area contributed by atoms with Crippen molar-refractivity contribution in [3.63, 3.8) is 0 Å². The van der Waals surface area contributed by atoms with Gasteiger partial charge in [-0.05, 0) is 67.4 Å². The predicted molar refractivity (Wildman–Crippen MR) is 116 cm³/mol. The lowest BCUT2D eigenvalue weighted by Gasteiger charge is -2.23. The van der Waals surface area contributed by atoms with Crippen LogP contribution in [0.25, 0.3) is 0 Å². The molecular weight excluding hydrogens is 389 g/mol. The van der Waals surface area contributed by atoms with E-state index in [1.807, 2.05) is 42.5 Å². The van der Waals surface area contributed by atoms with Crippen molar-refractivity contribution >= 4 is 29.0 Å². The van der Waals surface area contributed by atoms with Gasteiger partial charge in [0.1, 0.15) is 0 Å². The molecule has 2 nitrogen and oxygen atoms in total.